The van der Waals surface area contributed by atoms with E-state index in [0.717, 1.165) is 11.1 Å². The minimum atomic E-state index is -0.723. The Hall–Kier alpha value is -3.28. The smallest absolute Gasteiger partial charge is 0.345 e. The molecule has 0 spiro atoms. The van der Waals surface area contributed by atoms with Gasteiger partial charge in [0.15, 0.2) is 0 Å². The Morgan fingerprint density at radius 1 is 0.600 bits per heavy atom. The topological polar surface area (TPSA) is 86.7 Å². The molecule has 2 atom stereocenters. The Kier molecular flexibility index (Phi) is 10.4. The van der Waals surface area contributed by atoms with Gasteiger partial charge in [-0.25, -0.2) is 9.59 Å². The van der Waals surface area contributed by atoms with E-state index >= 15 is 0 Å². The number of carbonyl (C=O) groups excluding carboxylic acids is 4. The third-order valence-electron chi connectivity index (χ3n) is 6.23. The van der Waals surface area contributed by atoms with Gasteiger partial charge < -0.3 is 9.47 Å². The van der Waals surface area contributed by atoms with Crippen molar-refractivity contribution < 1.29 is 28.7 Å². The third-order valence-corrected chi connectivity index (χ3v) is 6.23. The lowest BCUT2D eigenvalue weighted by molar-refractivity contribution is -0.146. The third kappa shape index (κ3) is 7.88. The van der Waals surface area contributed by atoms with Crippen molar-refractivity contribution in [2.75, 3.05) is 0 Å². The van der Waals surface area contributed by atoms with Crippen molar-refractivity contribution in [3.05, 3.63) is 70.8 Å². The molecule has 0 saturated heterocycles. The molecule has 2 rings (SSSR count). The second-order valence-corrected chi connectivity index (χ2v) is 9.42. The number of hydrogen-bond donors (Lipinski definition) is 0. The molecule has 0 bridgehead atoms. The first-order valence-electron chi connectivity index (χ1n) is 12.3. The summed E-state index contributed by atoms with van der Waals surface area (Å²) in [5.74, 6) is -3.52. The molecule has 0 radical (unpaired) electrons. The summed E-state index contributed by atoms with van der Waals surface area (Å²) in [7, 11) is 0. The van der Waals surface area contributed by atoms with Crippen molar-refractivity contribution in [1.29, 1.82) is 0 Å². The van der Waals surface area contributed by atoms with Crippen LogP contribution < -0.4 is 0 Å². The van der Waals surface area contributed by atoms with E-state index in [1.165, 1.54) is 0 Å². The molecule has 0 N–H and O–H groups in total. The van der Waals surface area contributed by atoms with Crippen LogP contribution in [-0.4, -0.2) is 23.9 Å². The summed E-state index contributed by atoms with van der Waals surface area (Å²) in [4.78, 5) is 50.2. The monoisotopic (exact) mass is 480 g/mol. The SMILES string of the molecule is CCC(CC(CC)C(=O)OC(=O)c1ccc(C(C)C)cc1)C(=O)OC(=O)c1ccc(C(C)C)cc1. The van der Waals surface area contributed by atoms with Gasteiger partial charge >= 0.3 is 23.9 Å². The van der Waals surface area contributed by atoms with Crippen LogP contribution in [0.1, 0.15) is 104 Å². The molecule has 2 unspecified atom stereocenters. The minimum Gasteiger partial charge on any atom is -0.389 e. The Morgan fingerprint density at radius 2 is 0.914 bits per heavy atom. The molecule has 0 amide bonds. The van der Waals surface area contributed by atoms with E-state index in [4.69, 9.17) is 9.47 Å². The summed E-state index contributed by atoms with van der Waals surface area (Å²) < 4.78 is 10.2. The number of ether oxygens (including phenoxy) is 2. The molecule has 0 heterocycles. The molecule has 6 nitrogen and oxygen atoms in total. The highest BCUT2D eigenvalue weighted by Gasteiger charge is 2.30. The Bertz CT molecular complexity index is 935. The summed E-state index contributed by atoms with van der Waals surface area (Å²) in [6.07, 6.45) is 0.892. The van der Waals surface area contributed by atoms with Crippen molar-refractivity contribution in [3.63, 3.8) is 0 Å². The molecule has 35 heavy (non-hydrogen) atoms. The van der Waals surface area contributed by atoms with Gasteiger partial charge in [0.2, 0.25) is 0 Å². The molecule has 0 aliphatic carbocycles. The molecule has 0 aliphatic heterocycles. The summed E-state index contributed by atoms with van der Waals surface area (Å²) in [6, 6.07) is 13.9. The van der Waals surface area contributed by atoms with Crippen LogP contribution in [0.3, 0.4) is 0 Å². The molecule has 0 aliphatic rings. The lowest BCUT2D eigenvalue weighted by Gasteiger charge is -2.19. The number of esters is 4. The summed E-state index contributed by atoms with van der Waals surface area (Å²) in [5.41, 5.74) is 2.74. The maximum absolute atomic E-state index is 12.7. The molecule has 188 valence electrons. The number of hydrogen-bond acceptors (Lipinski definition) is 6. The van der Waals surface area contributed by atoms with E-state index in [0.29, 0.717) is 24.7 Å². The fourth-order valence-corrected chi connectivity index (χ4v) is 3.68. The summed E-state index contributed by atoms with van der Waals surface area (Å²) in [6.45, 7) is 11.8. The molecule has 2 aromatic carbocycles. The Labute approximate surface area is 208 Å². The van der Waals surface area contributed by atoms with Crippen LogP contribution in [0, 0.1) is 11.8 Å². The molecular formula is C29H36O6. The lowest BCUT2D eigenvalue weighted by Crippen LogP contribution is -2.28. The van der Waals surface area contributed by atoms with Crippen LogP contribution in [0.4, 0.5) is 0 Å². The maximum atomic E-state index is 12.7. The van der Waals surface area contributed by atoms with Crippen LogP contribution in [0.25, 0.3) is 0 Å². The highest BCUT2D eigenvalue weighted by molar-refractivity contribution is 5.98. The van der Waals surface area contributed by atoms with Crippen molar-refractivity contribution >= 4 is 23.9 Å². The fourth-order valence-electron chi connectivity index (χ4n) is 3.68. The van der Waals surface area contributed by atoms with Crippen LogP contribution in [0.5, 0.6) is 0 Å². The Balaban J connectivity index is 1.99. The van der Waals surface area contributed by atoms with E-state index in [2.05, 4.69) is 0 Å². The number of benzene rings is 2. The van der Waals surface area contributed by atoms with Crippen molar-refractivity contribution in [2.24, 2.45) is 11.8 Å². The van der Waals surface area contributed by atoms with Crippen molar-refractivity contribution in [3.8, 4) is 0 Å². The molecule has 0 aromatic heterocycles. The predicted molar refractivity (Wildman–Crippen MR) is 134 cm³/mol. The summed E-state index contributed by atoms with van der Waals surface area (Å²) >= 11 is 0. The van der Waals surface area contributed by atoms with Crippen LogP contribution >= 0.6 is 0 Å². The first-order chi connectivity index (χ1) is 16.6. The van der Waals surface area contributed by atoms with Gasteiger partial charge in [-0.3, -0.25) is 9.59 Å². The Morgan fingerprint density at radius 3 is 1.17 bits per heavy atom. The van der Waals surface area contributed by atoms with Gasteiger partial charge in [-0.1, -0.05) is 65.8 Å². The van der Waals surface area contributed by atoms with Gasteiger partial charge in [0.25, 0.3) is 0 Å². The van der Waals surface area contributed by atoms with E-state index in [1.807, 2.05) is 52.0 Å². The zero-order chi connectivity index (χ0) is 26.1. The zero-order valence-corrected chi connectivity index (χ0v) is 21.5. The van der Waals surface area contributed by atoms with Gasteiger partial charge in [-0.15, -0.1) is 0 Å². The van der Waals surface area contributed by atoms with Gasteiger partial charge in [0.1, 0.15) is 0 Å². The van der Waals surface area contributed by atoms with Crippen molar-refractivity contribution in [1.82, 2.24) is 0 Å². The van der Waals surface area contributed by atoms with E-state index in [1.54, 1.807) is 38.1 Å². The highest BCUT2D eigenvalue weighted by Crippen LogP contribution is 2.23. The van der Waals surface area contributed by atoms with E-state index in [9.17, 15) is 19.2 Å². The standard InChI is InChI=1S/C29H36O6/c1-7-20(26(30)34-28(32)24-13-9-22(10-14-24)18(3)4)17-21(8-2)27(31)35-29(33)25-15-11-23(12-16-25)19(5)6/h9-16,18-21H,7-8,17H2,1-6H3. The van der Waals surface area contributed by atoms with Crippen LogP contribution in [0.15, 0.2) is 48.5 Å². The van der Waals surface area contributed by atoms with E-state index in [-0.39, 0.29) is 17.5 Å². The predicted octanol–water partition coefficient (Wildman–Crippen LogP) is 6.44. The highest BCUT2D eigenvalue weighted by atomic mass is 16.6. The molecule has 0 fully saturated rings. The summed E-state index contributed by atoms with van der Waals surface area (Å²) in [5, 5.41) is 0. The van der Waals surface area contributed by atoms with Gasteiger partial charge in [-0.05, 0) is 66.5 Å². The van der Waals surface area contributed by atoms with Crippen LogP contribution in [0.2, 0.25) is 0 Å². The van der Waals surface area contributed by atoms with Gasteiger partial charge in [0, 0.05) is 0 Å². The van der Waals surface area contributed by atoms with Gasteiger partial charge in [0.05, 0.1) is 23.0 Å². The molecule has 2 aromatic rings. The second kappa shape index (κ2) is 13.0. The normalized spacial score (nSPS) is 12.8. The first kappa shape index (κ1) is 28.0. The first-order valence-corrected chi connectivity index (χ1v) is 12.3. The molecular weight excluding hydrogens is 444 g/mol. The fraction of sp³-hybridized carbons (Fsp3) is 0.448. The number of carbonyl (C=O) groups is 4. The van der Waals surface area contributed by atoms with Crippen LogP contribution in [-0.2, 0) is 19.1 Å². The molecule has 6 heteroatoms. The van der Waals surface area contributed by atoms with E-state index < -0.39 is 35.7 Å². The van der Waals surface area contributed by atoms with Crippen molar-refractivity contribution in [2.45, 2.75) is 72.6 Å². The zero-order valence-electron chi connectivity index (χ0n) is 21.5. The number of rotatable bonds is 10. The average Bonchev–Trinajstić information content (AvgIpc) is 2.84. The van der Waals surface area contributed by atoms with Gasteiger partial charge in [-0.2, -0.15) is 0 Å². The average molecular weight is 481 g/mol. The maximum Gasteiger partial charge on any atom is 0.345 e. The quantitative estimate of drug-likeness (QED) is 0.287. The second-order valence-electron chi connectivity index (χ2n) is 9.42. The minimum absolute atomic E-state index is 0.129. The largest absolute Gasteiger partial charge is 0.389 e. The lowest BCUT2D eigenvalue weighted by atomic mass is 9.91. The molecule has 0 saturated carbocycles.